The number of hydrogen-bond acceptors (Lipinski definition) is 12. The van der Waals surface area contributed by atoms with E-state index in [1.807, 2.05) is 30.1 Å². The van der Waals surface area contributed by atoms with Crippen LogP contribution in [0.4, 0.5) is 23.7 Å². The number of thiazole rings is 1. The highest BCUT2D eigenvalue weighted by Gasteiger charge is 2.60. The van der Waals surface area contributed by atoms with E-state index in [0.717, 1.165) is 27.6 Å². The Morgan fingerprint density at radius 2 is 1.81 bits per heavy atom. The standard InChI is InChI=1S/C29H31N5O8S2.CHF3O3S/c1-15-21(24(28(37)38)33-23(15)22(16(2)35)25(33)36)20-12-31-14-32(27(43-3)26(31)44-20)18-8-10-30(11-9-18)29(39)42-13-17-4-6-19(7-5-17)34(40)41;2-1(3,4)8(5,6)7/h4-7,12,14-16,18,22-23,35H,8-11,13H2,1-3H3;(H,5,6,7)/t15-,16+,22+,23+;/m0./s1. The van der Waals surface area contributed by atoms with Crippen LogP contribution in [0.2, 0.25) is 0 Å². The number of carbonyl (C=O) groups is 3. The molecule has 6 rings (SSSR count). The summed E-state index contributed by atoms with van der Waals surface area (Å²) in [5.41, 5.74) is -4.38. The minimum absolute atomic E-state index is 0.000294. The number of piperidine rings is 1. The minimum atomic E-state index is -6.09. The molecule has 0 bridgehead atoms. The third-order valence-corrected chi connectivity index (χ3v) is 11.7. The molecule has 2 amide bonds. The molecular weight excluding hydrogens is 760 g/mol. The lowest BCUT2D eigenvalue weighted by Gasteiger charge is -2.46. The first-order chi connectivity index (χ1) is 24.3. The lowest BCUT2D eigenvalue weighted by Crippen LogP contribution is -2.63. The Bertz CT molecular complexity index is 2040. The summed E-state index contributed by atoms with van der Waals surface area (Å²) in [5, 5.41) is 32.1. The van der Waals surface area contributed by atoms with Gasteiger partial charge in [-0.25, -0.2) is 22.6 Å². The van der Waals surface area contributed by atoms with E-state index < -0.39 is 44.6 Å². The van der Waals surface area contributed by atoms with Crippen molar-refractivity contribution in [3.63, 3.8) is 0 Å². The number of rotatable bonds is 8. The quantitative estimate of drug-likeness (QED) is 0.0637. The molecule has 0 unspecified atom stereocenters. The molecule has 52 heavy (non-hydrogen) atoms. The number of β-lactam (4-membered cyclic amide) rings is 1. The highest BCUT2D eigenvalue weighted by molar-refractivity contribution is 7.98. The number of nitro groups is 1. The van der Waals surface area contributed by atoms with Gasteiger partial charge in [0.25, 0.3) is 12.0 Å². The molecule has 22 heteroatoms. The largest absolute Gasteiger partial charge is 0.741 e. The fourth-order valence-corrected chi connectivity index (χ4v) is 8.88. The molecule has 0 aliphatic carbocycles. The molecule has 1 aromatic carbocycles. The minimum Gasteiger partial charge on any atom is -0.741 e. The molecule has 3 aromatic rings. The predicted molar refractivity (Wildman–Crippen MR) is 176 cm³/mol. The van der Waals surface area contributed by atoms with Gasteiger partial charge < -0.3 is 29.3 Å². The normalized spacial score (nSPS) is 21.4. The Kier molecular flexibility index (Phi) is 11.0. The van der Waals surface area contributed by atoms with Crippen LogP contribution in [0.3, 0.4) is 0 Å². The summed E-state index contributed by atoms with van der Waals surface area (Å²) in [6.45, 7) is 4.55. The van der Waals surface area contributed by atoms with Crippen LogP contribution in [0.15, 0.2) is 47.5 Å². The van der Waals surface area contributed by atoms with Gasteiger partial charge in [-0.15, -0.1) is 0 Å². The number of halogens is 3. The Morgan fingerprint density at radius 3 is 2.31 bits per heavy atom. The second-order valence-corrected chi connectivity index (χ2v) is 15.5. The topological polar surface area (TPSA) is 216 Å². The van der Waals surface area contributed by atoms with Crippen LogP contribution in [-0.2, 0) is 31.1 Å². The number of alkyl halides is 3. The number of nitrogens with zero attached hydrogens (tertiary/aromatic N) is 5. The highest BCUT2D eigenvalue weighted by Crippen LogP contribution is 2.51. The fraction of sp³-hybridized carbons (Fsp3) is 0.467. The smallest absolute Gasteiger partial charge is 0.485 e. The van der Waals surface area contributed by atoms with Gasteiger partial charge in [0.15, 0.2) is 10.1 Å². The number of hydrogen-bond donors (Lipinski definition) is 2. The summed E-state index contributed by atoms with van der Waals surface area (Å²) < 4.78 is 68.6. The number of aliphatic hydroxyl groups is 1. The summed E-state index contributed by atoms with van der Waals surface area (Å²) in [6, 6.07) is 5.68. The van der Waals surface area contributed by atoms with Gasteiger partial charge in [0.05, 0.1) is 27.9 Å². The number of amides is 2. The number of fused-ring (bicyclic) bond motifs is 2. The van der Waals surface area contributed by atoms with E-state index in [2.05, 4.69) is 4.57 Å². The van der Waals surface area contributed by atoms with Gasteiger partial charge in [-0.1, -0.05) is 30.0 Å². The fourth-order valence-electron chi connectivity index (χ4n) is 6.65. The summed E-state index contributed by atoms with van der Waals surface area (Å²) in [7, 11) is -6.09. The molecule has 2 N–H and O–H groups in total. The number of carbonyl (C=O) groups excluding carboxylic acids is 2. The van der Waals surface area contributed by atoms with Crippen LogP contribution in [-0.4, -0.2) is 97.3 Å². The molecule has 0 radical (unpaired) electrons. The Hall–Kier alpha value is -4.25. The molecule has 0 spiro atoms. The summed E-state index contributed by atoms with van der Waals surface area (Å²) in [5.74, 6) is -2.35. The lowest BCUT2D eigenvalue weighted by atomic mass is 9.77. The lowest BCUT2D eigenvalue weighted by molar-refractivity contribution is -0.756. The van der Waals surface area contributed by atoms with Gasteiger partial charge in [-0.05, 0) is 30.9 Å². The molecule has 2 aromatic heterocycles. The van der Waals surface area contributed by atoms with Crippen LogP contribution in [0, 0.1) is 22.0 Å². The molecular formula is C30H32F3N5O11S3. The number of aromatic nitrogens is 2. The van der Waals surface area contributed by atoms with Crippen molar-refractivity contribution in [3.8, 4) is 0 Å². The average Bonchev–Trinajstić information content (AvgIpc) is 3.70. The number of carboxylic acid groups (broad SMARTS) is 1. The second-order valence-electron chi connectivity index (χ2n) is 12.3. The van der Waals surface area contributed by atoms with E-state index in [1.165, 1.54) is 28.4 Å². The van der Waals surface area contributed by atoms with Gasteiger partial charge in [0.2, 0.25) is 15.8 Å². The molecule has 4 atom stereocenters. The molecule has 5 heterocycles. The Labute approximate surface area is 302 Å². The predicted octanol–water partition coefficient (Wildman–Crippen LogP) is 3.60. The average molecular weight is 792 g/mol. The van der Waals surface area contributed by atoms with Gasteiger partial charge in [-0.3, -0.25) is 14.9 Å². The molecule has 282 valence electrons. The first kappa shape index (κ1) is 39.0. The molecule has 16 nitrogen and oxygen atoms in total. The van der Waals surface area contributed by atoms with Crippen LogP contribution in [0.25, 0.3) is 10.4 Å². The molecule has 2 saturated heterocycles. The zero-order valence-corrected chi connectivity index (χ0v) is 30.0. The number of ether oxygens (including phenoxy) is 1. The number of carboxylic acids is 1. The maximum atomic E-state index is 12.8. The number of benzene rings is 1. The maximum Gasteiger partial charge on any atom is 0.485 e. The van der Waals surface area contributed by atoms with Gasteiger partial charge >= 0.3 is 17.6 Å². The van der Waals surface area contributed by atoms with Crippen molar-refractivity contribution >= 4 is 67.3 Å². The number of likely N-dealkylation sites (tertiary alicyclic amines) is 1. The molecule has 0 saturated carbocycles. The van der Waals surface area contributed by atoms with E-state index in [4.69, 9.17) is 17.7 Å². The number of nitro benzene ring substituents is 1. The van der Waals surface area contributed by atoms with Crippen molar-refractivity contribution in [2.24, 2.45) is 11.8 Å². The molecule has 3 aliphatic heterocycles. The van der Waals surface area contributed by atoms with Crippen molar-refractivity contribution in [1.82, 2.24) is 14.2 Å². The second kappa shape index (κ2) is 14.6. The summed E-state index contributed by atoms with van der Waals surface area (Å²) in [4.78, 5) is 52.9. The molecule has 3 aliphatic rings. The van der Waals surface area contributed by atoms with E-state index >= 15 is 0 Å². The number of aliphatic carboxylic acids is 1. The number of thioether (sulfide) groups is 1. The number of aliphatic hydroxyl groups excluding tert-OH is 1. The van der Waals surface area contributed by atoms with Crippen LogP contribution in [0.1, 0.15) is 43.2 Å². The van der Waals surface area contributed by atoms with Crippen molar-refractivity contribution in [1.29, 1.82) is 0 Å². The maximum absolute atomic E-state index is 12.8. The number of imidazole rings is 1. The van der Waals surface area contributed by atoms with Crippen LogP contribution >= 0.6 is 23.1 Å². The number of non-ortho nitro benzene ring substituents is 1. The van der Waals surface area contributed by atoms with Crippen molar-refractivity contribution in [3.05, 3.63) is 63.0 Å². The Balaban J connectivity index is 0.000000587. The highest BCUT2D eigenvalue weighted by atomic mass is 32.2. The zero-order valence-electron chi connectivity index (χ0n) is 27.5. The van der Waals surface area contributed by atoms with Crippen molar-refractivity contribution in [2.75, 3.05) is 19.3 Å². The van der Waals surface area contributed by atoms with Crippen molar-refractivity contribution < 1.29 is 65.0 Å². The SMILES string of the molecule is CSc1c2sc(C3=C(C(=O)O)N4C(=O)[C@H]([C@@H](C)O)[C@H]4[C@H]3C)cn2c[n+]1C1CCN(C(=O)OCc2ccc([N+](=O)[O-])cc2)CC1.O=S(=O)([O-])C(F)(F)F. The third-order valence-electron chi connectivity index (χ3n) is 9.11. The van der Waals surface area contributed by atoms with E-state index in [9.17, 15) is 47.9 Å². The van der Waals surface area contributed by atoms with Crippen LogP contribution < -0.4 is 4.57 Å². The van der Waals surface area contributed by atoms with E-state index in [-0.39, 0.29) is 41.9 Å². The zero-order chi connectivity index (χ0) is 38.4. The first-order valence-electron chi connectivity index (χ1n) is 15.5. The van der Waals surface area contributed by atoms with Crippen molar-refractivity contribution in [2.45, 2.75) is 62.0 Å². The first-order valence-corrected chi connectivity index (χ1v) is 19.0. The molecule has 2 fully saturated rings. The monoisotopic (exact) mass is 791 g/mol. The summed E-state index contributed by atoms with van der Waals surface area (Å²) in [6.07, 6.45) is 6.09. The third kappa shape index (κ3) is 7.34. The van der Waals surface area contributed by atoms with Crippen LogP contribution in [0.5, 0.6) is 0 Å². The van der Waals surface area contributed by atoms with E-state index in [0.29, 0.717) is 24.2 Å². The Morgan fingerprint density at radius 1 is 1.21 bits per heavy atom. The summed E-state index contributed by atoms with van der Waals surface area (Å²) >= 11 is 3.09. The van der Waals surface area contributed by atoms with Gasteiger partial charge in [0, 0.05) is 49.6 Å². The van der Waals surface area contributed by atoms with E-state index in [1.54, 1.807) is 35.7 Å². The van der Waals surface area contributed by atoms with Gasteiger partial charge in [0.1, 0.15) is 24.5 Å². The van der Waals surface area contributed by atoms with Gasteiger partial charge in [-0.2, -0.15) is 17.6 Å².